The van der Waals surface area contributed by atoms with E-state index in [0.29, 0.717) is 17.5 Å². The molecule has 0 aliphatic carbocycles. The third-order valence-corrected chi connectivity index (χ3v) is 3.94. The van der Waals surface area contributed by atoms with Crippen molar-refractivity contribution < 1.29 is 23.9 Å². The monoisotopic (exact) mass is 332 g/mol. The maximum Gasteiger partial charge on any atom is 0.307 e. The highest BCUT2D eigenvalue weighted by atomic mass is 16.5. The number of fused-ring (bicyclic) bond motifs is 1. The van der Waals surface area contributed by atoms with Crippen molar-refractivity contribution in [1.82, 2.24) is 10.2 Å². The summed E-state index contributed by atoms with van der Waals surface area (Å²) < 4.78 is 4.58. The van der Waals surface area contributed by atoms with E-state index in [2.05, 4.69) is 10.1 Å². The van der Waals surface area contributed by atoms with E-state index < -0.39 is 5.97 Å². The molecule has 1 aliphatic rings. The molecule has 128 valence electrons. The van der Waals surface area contributed by atoms with Gasteiger partial charge in [0, 0.05) is 19.0 Å². The Labute approximate surface area is 140 Å². The summed E-state index contributed by atoms with van der Waals surface area (Å²) in [6, 6.07) is 6.25. The molecule has 1 heterocycles. The first-order valence-corrected chi connectivity index (χ1v) is 7.79. The van der Waals surface area contributed by atoms with Crippen LogP contribution >= 0.6 is 0 Å². The molecule has 1 aromatic carbocycles. The quantitative estimate of drug-likeness (QED) is 0.597. The van der Waals surface area contributed by atoms with Crippen LogP contribution < -0.4 is 5.32 Å². The van der Waals surface area contributed by atoms with Gasteiger partial charge in [-0.2, -0.15) is 0 Å². The molecule has 7 heteroatoms. The number of nitrogens with zero attached hydrogens (tertiary/aromatic N) is 1. The zero-order chi connectivity index (χ0) is 17.7. The van der Waals surface area contributed by atoms with Crippen LogP contribution in [0.4, 0.5) is 0 Å². The van der Waals surface area contributed by atoms with Crippen LogP contribution in [0.5, 0.6) is 0 Å². The number of rotatable bonds is 7. The molecule has 0 saturated heterocycles. The minimum absolute atomic E-state index is 0.00678. The van der Waals surface area contributed by atoms with Gasteiger partial charge in [0.25, 0.3) is 11.8 Å². The number of benzene rings is 1. The molecular weight excluding hydrogens is 312 g/mol. The van der Waals surface area contributed by atoms with Crippen molar-refractivity contribution in [2.45, 2.75) is 32.2 Å². The Morgan fingerprint density at radius 1 is 1.17 bits per heavy atom. The summed E-state index contributed by atoms with van der Waals surface area (Å²) >= 11 is 0. The second-order valence-electron chi connectivity index (χ2n) is 5.51. The van der Waals surface area contributed by atoms with Crippen LogP contribution in [0.1, 0.15) is 46.9 Å². The van der Waals surface area contributed by atoms with Crippen molar-refractivity contribution in [3.05, 3.63) is 35.4 Å². The minimum Gasteiger partial charge on any atom is -0.469 e. The Morgan fingerprint density at radius 3 is 2.25 bits per heavy atom. The molecule has 1 N–H and O–H groups in total. The van der Waals surface area contributed by atoms with Crippen LogP contribution in [0.3, 0.4) is 0 Å². The van der Waals surface area contributed by atoms with Gasteiger partial charge in [0.15, 0.2) is 0 Å². The first-order chi connectivity index (χ1) is 11.5. The van der Waals surface area contributed by atoms with Crippen molar-refractivity contribution in [1.29, 1.82) is 0 Å². The second kappa shape index (κ2) is 7.72. The summed E-state index contributed by atoms with van der Waals surface area (Å²) in [5, 5.41) is 2.72. The average molecular weight is 332 g/mol. The molecule has 1 unspecified atom stereocenters. The van der Waals surface area contributed by atoms with Gasteiger partial charge in [0.2, 0.25) is 5.91 Å². The molecular formula is C17H20N2O5. The van der Waals surface area contributed by atoms with Gasteiger partial charge in [-0.3, -0.25) is 24.1 Å². The highest BCUT2D eigenvalue weighted by Gasteiger charge is 2.35. The number of carbonyl (C=O) groups is 4. The molecule has 0 aromatic heterocycles. The number of nitrogens with one attached hydrogen (secondary N) is 1. The molecule has 24 heavy (non-hydrogen) atoms. The third kappa shape index (κ3) is 3.79. The Bertz CT molecular complexity index is 636. The molecule has 7 nitrogen and oxygen atoms in total. The van der Waals surface area contributed by atoms with Crippen LogP contribution in [0.25, 0.3) is 0 Å². The van der Waals surface area contributed by atoms with E-state index in [1.54, 1.807) is 24.3 Å². The van der Waals surface area contributed by atoms with Gasteiger partial charge < -0.3 is 10.1 Å². The predicted molar refractivity (Wildman–Crippen MR) is 85.3 cm³/mol. The van der Waals surface area contributed by atoms with Crippen molar-refractivity contribution in [2.75, 3.05) is 13.7 Å². The van der Waals surface area contributed by atoms with Crippen LogP contribution in [0.2, 0.25) is 0 Å². The lowest BCUT2D eigenvalue weighted by atomic mass is 10.1. The Kier molecular flexibility index (Phi) is 5.68. The molecule has 0 spiro atoms. The number of imide groups is 1. The predicted octanol–water partition coefficient (Wildman–Crippen LogP) is 1.13. The number of amides is 3. The van der Waals surface area contributed by atoms with Gasteiger partial charge in [-0.05, 0) is 18.6 Å². The Hall–Kier alpha value is -2.70. The number of ether oxygens (including phenoxy) is 1. The summed E-state index contributed by atoms with van der Waals surface area (Å²) in [6.07, 6.45) is 0.656. The first-order valence-electron chi connectivity index (χ1n) is 7.79. The molecule has 0 bridgehead atoms. The van der Waals surface area contributed by atoms with Crippen molar-refractivity contribution >= 4 is 23.7 Å². The molecule has 1 atom stereocenters. The van der Waals surface area contributed by atoms with Gasteiger partial charge >= 0.3 is 5.97 Å². The fourth-order valence-electron chi connectivity index (χ4n) is 2.54. The number of carbonyl (C=O) groups excluding carboxylic acids is 4. The van der Waals surface area contributed by atoms with E-state index in [0.717, 1.165) is 4.90 Å². The summed E-state index contributed by atoms with van der Waals surface area (Å²) in [7, 11) is 1.29. The summed E-state index contributed by atoms with van der Waals surface area (Å²) in [5.74, 6) is -1.49. The van der Waals surface area contributed by atoms with Crippen molar-refractivity contribution in [2.24, 2.45) is 0 Å². The summed E-state index contributed by atoms with van der Waals surface area (Å²) in [4.78, 5) is 48.7. The molecule has 0 fully saturated rings. The minimum atomic E-state index is -0.400. The van der Waals surface area contributed by atoms with Gasteiger partial charge in [-0.1, -0.05) is 19.1 Å². The van der Waals surface area contributed by atoms with E-state index in [-0.39, 0.29) is 43.1 Å². The van der Waals surface area contributed by atoms with E-state index >= 15 is 0 Å². The van der Waals surface area contributed by atoms with Gasteiger partial charge in [0.05, 0.1) is 24.7 Å². The summed E-state index contributed by atoms with van der Waals surface area (Å²) in [6.45, 7) is 1.85. The maximum atomic E-state index is 12.2. The van der Waals surface area contributed by atoms with Crippen LogP contribution in [-0.4, -0.2) is 48.3 Å². The number of hydrogen-bond acceptors (Lipinski definition) is 5. The lowest BCUT2D eigenvalue weighted by Gasteiger charge is -2.17. The highest BCUT2D eigenvalue weighted by molar-refractivity contribution is 6.21. The van der Waals surface area contributed by atoms with Crippen LogP contribution in [-0.2, 0) is 14.3 Å². The number of methoxy groups -OCH3 is 1. The van der Waals surface area contributed by atoms with Crippen LogP contribution in [0.15, 0.2) is 24.3 Å². The number of hydrogen-bond donors (Lipinski definition) is 1. The molecule has 0 saturated carbocycles. The normalized spacial score (nSPS) is 14.3. The molecule has 1 aromatic rings. The van der Waals surface area contributed by atoms with E-state index in [1.165, 1.54) is 7.11 Å². The summed E-state index contributed by atoms with van der Waals surface area (Å²) in [5.41, 5.74) is 0.722. The fourth-order valence-corrected chi connectivity index (χ4v) is 2.54. The zero-order valence-corrected chi connectivity index (χ0v) is 13.7. The largest absolute Gasteiger partial charge is 0.469 e. The molecule has 0 radical (unpaired) electrons. The highest BCUT2D eigenvalue weighted by Crippen LogP contribution is 2.22. The van der Waals surface area contributed by atoms with Crippen LogP contribution in [0, 0.1) is 0 Å². The topological polar surface area (TPSA) is 92.8 Å². The number of esters is 1. The van der Waals surface area contributed by atoms with Gasteiger partial charge in [0.1, 0.15) is 0 Å². The second-order valence-corrected chi connectivity index (χ2v) is 5.51. The molecule has 2 rings (SSSR count). The Morgan fingerprint density at radius 2 is 1.75 bits per heavy atom. The standard InChI is InChI=1S/C17H20N2O5/c1-3-11(10-15(21)24-2)18-14(20)8-9-19-16(22)12-6-4-5-7-13(12)17(19)23/h4-7,11H,3,8-10H2,1-2H3,(H,18,20). The Balaban J connectivity index is 1.90. The SMILES string of the molecule is CCC(CC(=O)OC)NC(=O)CCN1C(=O)c2ccccc2C1=O. The van der Waals surface area contributed by atoms with E-state index in [9.17, 15) is 19.2 Å². The fraction of sp³-hybridized carbons (Fsp3) is 0.412. The lowest BCUT2D eigenvalue weighted by Crippen LogP contribution is -2.39. The van der Waals surface area contributed by atoms with Gasteiger partial charge in [-0.25, -0.2) is 0 Å². The third-order valence-electron chi connectivity index (χ3n) is 3.94. The maximum absolute atomic E-state index is 12.2. The zero-order valence-electron chi connectivity index (χ0n) is 13.7. The first kappa shape index (κ1) is 17.7. The van der Waals surface area contributed by atoms with E-state index in [4.69, 9.17) is 0 Å². The average Bonchev–Trinajstić information content (AvgIpc) is 2.83. The van der Waals surface area contributed by atoms with Crippen molar-refractivity contribution in [3.8, 4) is 0 Å². The molecule has 1 aliphatic heterocycles. The molecule has 3 amide bonds. The lowest BCUT2D eigenvalue weighted by molar-refractivity contribution is -0.141. The van der Waals surface area contributed by atoms with Gasteiger partial charge in [-0.15, -0.1) is 0 Å². The van der Waals surface area contributed by atoms with Crippen molar-refractivity contribution in [3.63, 3.8) is 0 Å². The van der Waals surface area contributed by atoms with E-state index in [1.807, 2.05) is 6.92 Å². The smallest absolute Gasteiger partial charge is 0.307 e.